The number of anilines is 1. The van der Waals surface area contributed by atoms with Crippen molar-refractivity contribution in [2.24, 2.45) is 0 Å². The van der Waals surface area contributed by atoms with E-state index in [0.29, 0.717) is 5.56 Å². The number of nitrogen functional groups attached to an aromatic ring is 1. The third-order valence-corrected chi connectivity index (χ3v) is 7.32. The predicted molar refractivity (Wildman–Crippen MR) is 132 cm³/mol. The number of carbonyl (C=O) groups excluding carboxylic acids is 2. The first-order chi connectivity index (χ1) is 17.4. The van der Waals surface area contributed by atoms with Crippen molar-refractivity contribution in [3.05, 3.63) is 70.2 Å². The molecule has 1 aromatic heterocycles. The molecule has 8 N–H and O–H groups in total. The van der Waals surface area contributed by atoms with Crippen LogP contribution in [0, 0.1) is 0 Å². The zero-order valence-corrected chi connectivity index (χ0v) is 20.5. The molecule has 3 aromatic rings. The molecule has 2 heterocycles. The molecule has 0 saturated heterocycles. The number of hydrogen-bond donors (Lipinski definition) is 7. The lowest BCUT2D eigenvalue weighted by atomic mass is 9.72. The van der Waals surface area contributed by atoms with Gasteiger partial charge in [-0.15, -0.1) is 0 Å². The van der Waals surface area contributed by atoms with Crippen molar-refractivity contribution in [3.63, 3.8) is 0 Å². The number of carboxylic acids is 1. The molecular weight excluding hydrogens is 526 g/mol. The molecule has 2 atom stereocenters. The summed E-state index contributed by atoms with van der Waals surface area (Å²) in [6, 6.07) is 7.91. The number of fused-ring (bicyclic) bond motifs is 1. The van der Waals surface area contributed by atoms with Crippen LogP contribution in [0.3, 0.4) is 0 Å². The van der Waals surface area contributed by atoms with Crippen LogP contribution in [0.25, 0.3) is 0 Å². The summed E-state index contributed by atoms with van der Waals surface area (Å²) in [6.07, 6.45) is 1.27. The maximum Gasteiger partial charge on any atom is 0.547 e. The number of benzene rings is 2. The van der Waals surface area contributed by atoms with E-state index in [4.69, 9.17) is 10.4 Å². The average molecular weight is 546 g/mol. The van der Waals surface area contributed by atoms with Crippen LogP contribution < -0.4 is 26.3 Å². The van der Waals surface area contributed by atoms with Gasteiger partial charge < -0.3 is 40.9 Å². The van der Waals surface area contributed by atoms with E-state index in [1.807, 2.05) is 0 Å². The van der Waals surface area contributed by atoms with Crippen molar-refractivity contribution in [1.82, 2.24) is 15.6 Å². The van der Waals surface area contributed by atoms with E-state index in [-0.39, 0.29) is 38.6 Å². The first-order valence-electron chi connectivity index (χ1n) is 10.6. The SMILES string of the molecule is Nc1ncc(C(=O)N[C@@H](C(=O)N[C@H]2Cc3cccc(C(=O)O)c3OB2O)c2ccc(P(=O)(O)O)cc2)s1. The van der Waals surface area contributed by atoms with E-state index in [9.17, 15) is 38.9 Å². The van der Waals surface area contributed by atoms with Gasteiger partial charge in [-0.3, -0.25) is 14.2 Å². The maximum atomic E-state index is 13.3. The molecule has 0 fully saturated rings. The number of thiazole rings is 1. The third-order valence-electron chi connectivity index (χ3n) is 5.53. The first-order valence-corrected chi connectivity index (χ1v) is 13.1. The van der Waals surface area contributed by atoms with Gasteiger partial charge in [-0.2, -0.15) is 0 Å². The van der Waals surface area contributed by atoms with Gasteiger partial charge in [0.05, 0.1) is 23.0 Å². The number of amides is 2. The van der Waals surface area contributed by atoms with Gasteiger partial charge in [0.15, 0.2) is 5.13 Å². The van der Waals surface area contributed by atoms with E-state index >= 15 is 0 Å². The molecule has 1 aliphatic heterocycles. The smallest absolute Gasteiger partial charge is 0.534 e. The van der Waals surface area contributed by atoms with Gasteiger partial charge in [0, 0.05) is 0 Å². The second-order valence-electron chi connectivity index (χ2n) is 8.03. The molecule has 0 spiro atoms. The minimum atomic E-state index is -4.54. The predicted octanol–water partition coefficient (Wildman–Crippen LogP) is -0.163. The van der Waals surface area contributed by atoms with Crippen LogP contribution in [0.5, 0.6) is 5.75 Å². The van der Waals surface area contributed by atoms with Gasteiger partial charge in [0.1, 0.15) is 16.7 Å². The molecule has 2 aromatic carbocycles. The molecular formula is C21H20BN4O9PS. The van der Waals surface area contributed by atoms with Crippen molar-refractivity contribution in [2.45, 2.75) is 18.4 Å². The van der Waals surface area contributed by atoms with Crippen LogP contribution in [0.15, 0.2) is 48.7 Å². The van der Waals surface area contributed by atoms with Crippen molar-refractivity contribution < 1.29 is 43.5 Å². The molecule has 0 aliphatic carbocycles. The highest BCUT2D eigenvalue weighted by molar-refractivity contribution is 7.60. The lowest BCUT2D eigenvalue weighted by Gasteiger charge is -2.30. The number of aromatic carboxylic acids is 1. The number of rotatable bonds is 7. The van der Waals surface area contributed by atoms with E-state index in [2.05, 4.69) is 15.6 Å². The summed E-state index contributed by atoms with van der Waals surface area (Å²) >= 11 is 0.894. The quantitative estimate of drug-likeness (QED) is 0.152. The van der Waals surface area contributed by atoms with Gasteiger partial charge in [-0.25, -0.2) is 9.78 Å². The van der Waals surface area contributed by atoms with Crippen LogP contribution in [0.4, 0.5) is 5.13 Å². The highest BCUT2D eigenvalue weighted by Crippen LogP contribution is 2.33. The fourth-order valence-electron chi connectivity index (χ4n) is 3.74. The number of hydrogen-bond acceptors (Lipinski definition) is 9. The summed E-state index contributed by atoms with van der Waals surface area (Å²) in [6.45, 7) is 0. The van der Waals surface area contributed by atoms with Crippen LogP contribution in [-0.4, -0.2) is 55.7 Å². The summed E-state index contributed by atoms with van der Waals surface area (Å²) in [4.78, 5) is 60.2. The van der Waals surface area contributed by atoms with Gasteiger partial charge >= 0.3 is 20.7 Å². The number of carboxylic acid groups (broad SMARTS) is 1. The zero-order valence-electron chi connectivity index (χ0n) is 18.8. The van der Waals surface area contributed by atoms with Gasteiger partial charge in [0.25, 0.3) is 5.91 Å². The molecule has 0 unspecified atom stereocenters. The molecule has 192 valence electrons. The van der Waals surface area contributed by atoms with Crippen molar-refractivity contribution in [2.75, 3.05) is 5.73 Å². The monoisotopic (exact) mass is 546 g/mol. The van der Waals surface area contributed by atoms with Gasteiger partial charge in [0.2, 0.25) is 5.91 Å². The summed E-state index contributed by atoms with van der Waals surface area (Å²) < 4.78 is 16.9. The van der Waals surface area contributed by atoms with E-state index in [1.54, 1.807) is 6.07 Å². The van der Waals surface area contributed by atoms with Crippen molar-refractivity contribution in [3.8, 4) is 5.75 Å². The number of nitrogens with two attached hydrogens (primary N) is 1. The summed E-state index contributed by atoms with van der Waals surface area (Å²) in [5, 5.41) is 24.8. The van der Waals surface area contributed by atoms with Gasteiger partial charge in [-0.1, -0.05) is 35.6 Å². The minimum absolute atomic E-state index is 0.00587. The van der Waals surface area contributed by atoms with Crippen molar-refractivity contribution in [1.29, 1.82) is 0 Å². The number of para-hydroxylation sites is 1. The summed E-state index contributed by atoms with van der Waals surface area (Å²) in [7, 11) is -6.13. The molecule has 13 nitrogen and oxygen atoms in total. The Morgan fingerprint density at radius 1 is 1.19 bits per heavy atom. The molecule has 4 rings (SSSR count). The van der Waals surface area contributed by atoms with E-state index < -0.39 is 44.5 Å². The Morgan fingerprint density at radius 2 is 1.89 bits per heavy atom. The fourth-order valence-corrected chi connectivity index (χ4v) is 4.86. The third kappa shape index (κ3) is 5.82. The summed E-state index contributed by atoms with van der Waals surface area (Å²) in [5.41, 5.74) is 6.08. The van der Waals surface area contributed by atoms with Crippen molar-refractivity contribution >= 4 is 54.3 Å². The Kier molecular flexibility index (Phi) is 7.34. The normalized spacial score (nSPS) is 15.8. The number of carbonyl (C=O) groups is 3. The van der Waals surface area contributed by atoms with Crippen LogP contribution in [-0.2, 0) is 15.8 Å². The zero-order chi connectivity index (χ0) is 26.9. The lowest BCUT2D eigenvalue weighted by Crippen LogP contribution is -2.55. The second kappa shape index (κ2) is 10.3. The van der Waals surface area contributed by atoms with Crippen LogP contribution in [0.2, 0.25) is 0 Å². The highest BCUT2D eigenvalue weighted by Gasteiger charge is 2.39. The van der Waals surface area contributed by atoms with E-state index in [0.717, 1.165) is 23.5 Å². The molecule has 37 heavy (non-hydrogen) atoms. The number of aromatic nitrogens is 1. The Bertz CT molecular complexity index is 1410. The maximum absolute atomic E-state index is 13.3. The Labute approximate surface area is 213 Å². The standard InChI is InChI=1S/C21H20BN4O9PS/c23-21-24-9-14(37-21)18(27)26-16(10-4-6-12(7-5-10)36(32,33)34)19(28)25-15-8-11-2-1-3-13(20(29)30)17(11)35-22(15)31/h1-7,9,15-16,31H,8H2,(H2,23,24)(H,25,28)(H,26,27)(H,29,30)(H2,32,33,34)/t15-,16+/m0/s1. The van der Waals surface area contributed by atoms with Crippen LogP contribution >= 0.6 is 18.9 Å². The largest absolute Gasteiger partial charge is 0.547 e. The Morgan fingerprint density at radius 3 is 2.49 bits per heavy atom. The van der Waals surface area contributed by atoms with Crippen LogP contribution in [0.1, 0.15) is 37.2 Å². The number of nitrogens with zero attached hydrogens (tertiary/aromatic N) is 1. The Hall–Kier alpha value is -3.75. The Balaban J connectivity index is 1.60. The number of nitrogens with one attached hydrogen (secondary N) is 2. The molecule has 1 aliphatic rings. The second-order valence-corrected chi connectivity index (χ2v) is 10.7. The molecule has 0 bridgehead atoms. The highest BCUT2D eigenvalue weighted by atomic mass is 32.1. The van der Waals surface area contributed by atoms with E-state index in [1.165, 1.54) is 30.5 Å². The first kappa shape index (κ1) is 26.3. The molecule has 0 radical (unpaired) electrons. The molecule has 0 saturated carbocycles. The fraction of sp³-hybridized carbons (Fsp3) is 0.143. The van der Waals surface area contributed by atoms with Gasteiger partial charge in [-0.05, 0) is 35.7 Å². The summed E-state index contributed by atoms with van der Waals surface area (Å²) in [5.74, 6) is -3.69. The lowest BCUT2D eigenvalue weighted by molar-refractivity contribution is -0.123. The molecule has 16 heteroatoms. The minimum Gasteiger partial charge on any atom is -0.534 e. The topological polar surface area (TPSA) is 221 Å². The average Bonchev–Trinajstić information content (AvgIpc) is 3.28. The molecule has 2 amide bonds.